The Morgan fingerprint density at radius 2 is 1.92 bits per heavy atom. The Kier molecular flexibility index (Phi) is 5.37. The second-order valence-electron chi connectivity index (χ2n) is 6.80. The highest BCUT2D eigenvalue weighted by molar-refractivity contribution is 6.31. The Hall–Kier alpha value is -1.56. The Morgan fingerprint density at radius 1 is 1.24 bits per heavy atom. The molecule has 0 aromatic carbocycles. The van der Waals surface area contributed by atoms with Gasteiger partial charge in [0.1, 0.15) is 0 Å². The third kappa shape index (κ3) is 3.68. The number of pyridine rings is 1. The number of carbonyl (C=O) groups excluding carboxylic acids is 1. The lowest BCUT2D eigenvalue weighted by Gasteiger charge is -2.34. The zero-order valence-corrected chi connectivity index (χ0v) is 16.0. The number of morpholine rings is 1. The quantitative estimate of drug-likeness (QED) is 0.773. The smallest absolute Gasteiger partial charge is 0.338 e. The number of carbonyl (C=O) groups is 1. The molecule has 0 amide bonds. The minimum atomic E-state index is -0.289. The van der Waals surface area contributed by atoms with E-state index in [0.29, 0.717) is 10.6 Å². The van der Waals surface area contributed by atoms with Crippen LogP contribution in [0.2, 0.25) is 5.02 Å². The summed E-state index contributed by atoms with van der Waals surface area (Å²) < 4.78 is 13.0. The number of rotatable bonds is 4. The molecule has 0 radical (unpaired) electrons. The summed E-state index contributed by atoms with van der Waals surface area (Å²) in [7, 11) is 0. The molecule has 6 heteroatoms. The normalized spacial score (nSPS) is 17.2. The van der Waals surface area contributed by atoms with Crippen molar-refractivity contribution in [3.63, 3.8) is 0 Å². The number of fused-ring (bicyclic) bond motifs is 1. The van der Waals surface area contributed by atoms with Gasteiger partial charge in [-0.1, -0.05) is 11.6 Å². The van der Waals surface area contributed by atoms with Crippen LogP contribution >= 0.6 is 11.6 Å². The van der Waals surface area contributed by atoms with Gasteiger partial charge >= 0.3 is 5.97 Å². The van der Waals surface area contributed by atoms with Gasteiger partial charge in [0, 0.05) is 36.5 Å². The van der Waals surface area contributed by atoms with E-state index in [1.807, 2.05) is 39.1 Å². The van der Waals surface area contributed by atoms with Crippen LogP contribution in [0.15, 0.2) is 18.3 Å². The second-order valence-corrected chi connectivity index (χ2v) is 7.24. The van der Waals surface area contributed by atoms with Crippen LogP contribution in [0.1, 0.15) is 48.4 Å². The van der Waals surface area contributed by atoms with Crippen molar-refractivity contribution in [1.82, 2.24) is 9.30 Å². The molecule has 1 saturated heterocycles. The van der Waals surface area contributed by atoms with E-state index < -0.39 is 0 Å². The lowest BCUT2D eigenvalue weighted by atomic mass is 10.0. The standard InChI is InChI=1S/C19H25ClN2O3/c1-12(2)25-19(23)17-10-16-9-15(20)11-22(16)18(13(17)3)14(4)21-5-7-24-8-6-21/h9-12,14H,5-8H2,1-4H3. The topological polar surface area (TPSA) is 43.2 Å². The molecular formula is C19H25ClN2O3. The summed E-state index contributed by atoms with van der Waals surface area (Å²) in [6.45, 7) is 11.1. The summed E-state index contributed by atoms with van der Waals surface area (Å²) in [5.41, 5.74) is 3.51. The summed E-state index contributed by atoms with van der Waals surface area (Å²) in [5.74, 6) is -0.289. The first kappa shape index (κ1) is 18.2. The molecule has 0 N–H and O–H groups in total. The average molecular weight is 365 g/mol. The molecule has 136 valence electrons. The van der Waals surface area contributed by atoms with Crippen molar-refractivity contribution in [3.05, 3.63) is 40.2 Å². The Labute approximate surface area is 153 Å². The summed E-state index contributed by atoms with van der Waals surface area (Å²) in [6.07, 6.45) is 1.76. The molecular weight excluding hydrogens is 340 g/mol. The van der Waals surface area contributed by atoms with Gasteiger partial charge in [0.2, 0.25) is 0 Å². The molecule has 2 aromatic rings. The van der Waals surface area contributed by atoms with Gasteiger partial charge in [-0.3, -0.25) is 4.90 Å². The number of ether oxygens (including phenoxy) is 2. The zero-order chi connectivity index (χ0) is 18.1. The fourth-order valence-electron chi connectivity index (χ4n) is 3.48. The fraction of sp³-hybridized carbons (Fsp3) is 0.526. The number of esters is 1. The summed E-state index contributed by atoms with van der Waals surface area (Å²) in [6, 6.07) is 3.88. The fourth-order valence-corrected chi connectivity index (χ4v) is 3.69. The van der Waals surface area contributed by atoms with E-state index in [1.165, 1.54) is 0 Å². The van der Waals surface area contributed by atoms with Gasteiger partial charge in [-0.05, 0) is 45.4 Å². The molecule has 5 nitrogen and oxygen atoms in total. The number of hydrogen-bond acceptors (Lipinski definition) is 4. The van der Waals surface area contributed by atoms with Gasteiger partial charge in [0.15, 0.2) is 0 Å². The molecule has 1 aliphatic rings. The molecule has 0 bridgehead atoms. The lowest BCUT2D eigenvalue weighted by Crippen LogP contribution is -2.39. The van der Waals surface area contributed by atoms with Crippen molar-refractivity contribution in [2.24, 2.45) is 0 Å². The van der Waals surface area contributed by atoms with Gasteiger partial charge in [-0.15, -0.1) is 0 Å². The van der Waals surface area contributed by atoms with Crippen LogP contribution < -0.4 is 0 Å². The van der Waals surface area contributed by atoms with E-state index in [0.717, 1.165) is 43.1 Å². The molecule has 1 unspecified atom stereocenters. The molecule has 0 saturated carbocycles. The first-order chi connectivity index (χ1) is 11.9. The van der Waals surface area contributed by atoms with Gasteiger partial charge in [0.25, 0.3) is 0 Å². The van der Waals surface area contributed by atoms with E-state index in [2.05, 4.69) is 16.2 Å². The summed E-state index contributed by atoms with van der Waals surface area (Å²) >= 11 is 6.24. The minimum Gasteiger partial charge on any atom is -0.459 e. The van der Waals surface area contributed by atoms with Crippen molar-refractivity contribution in [3.8, 4) is 0 Å². The van der Waals surface area contributed by atoms with Crippen molar-refractivity contribution < 1.29 is 14.3 Å². The van der Waals surface area contributed by atoms with E-state index in [-0.39, 0.29) is 18.1 Å². The van der Waals surface area contributed by atoms with Crippen LogP contribution in [0.3, 0.4) is 0 Å². The van der Waals surface area contributed by atoms with Crippen LogP contribution in [-0.2, 0) is 9.47 Å². The predicted molar refractivity (Wildman–Crippen MR) is 98.5 cm³/mol. The first-order valence-electron chi connectivity index (χ1n) is 8.72. The zero-order valence-electron chi connectivity index (χ0n) is 15.2. The molecule has 3 heterocycles. The summed E-state index contributed by atoms with van der Waals surface area (Å²) in [5, 5.41) is 0.657. The van der Waals surface area contributed by atoms with Crippen LogP contribution in [0, 0.1) is 6.92 Å². The van der Waals surface area contributed by atoms with Crippen LogP contribution in [0.4, 0.5) is 0 Å². The van der Waals surface area contributed by atoms with Gasteiger partial charge in [0.05, 0.1) is 29.9 Å². The van der Waals surface area contributed by atoms with E-state index in [4.69, 9.17) is 21.1 Å². The number of aromatic nitrogens is 1. The molecule has 25 heavy (non-hydrogen) atoms. The van der Waals surface area contributed by atoms with Gasteiger partial charge in [-0.25, -0.2) is 4.79 Å². The van der Waals surface area contributed by atoms with E-state index in [9.17, 15) is 4.79 Å². The number of halogens is 1. The molecule has 1 fully saturated rings. The maximum Gasteiger partial charge on any atom is 0.338 e. The first-order valence-corrected chi connectivity index (χ1v) is 9.10. The van der Waals surface area contributed by atoms with Gasteiger partial charge in [-0.2, -0.15) is 0 Å². The highest BCUT2D eigenvalue weighted by Crippen LogP contribution is 2.30. The van der Waals surface area contributed by atoms with E-state index in [1.54, 1.807) is 0 Å². The number of hydrogen-bond donors (Lipinski definition) is 0. The molecule has 0 aliphatic carbocycles. The number of nitrogens with zero attached hydrogens (tertiary/aromatic N) is 2. The predicted octanol–water partition coefficient (Wildman–Crippen LogP) is 3.86. The Morgan fingerprint density at radius 3 is 2.56 bits per heavy atom. The largest absolute Gasteiger partial charge is 0.459 e. The third-order valence-electron chi connectivity index (χ3n) is 4.71. The molecule has 1 atom stereocenters. The second kappa shape index (κ2) is 7.36. The average Bonchev–Trinajstić information content (AvgIpc) is 2.93. The minimum absolute atomic E-state index is 0.140. The summed E-state index contributed by atoms with van der Waals surface area (Å²) in [4.78, 5) is 15.0. The van der Waals surface area contributed by atoms with Crippen LogP contribution in [0.25, 0.3) is 5.52 Å². The van der Waals surface area contributed by atoms with Gasteiger partial charge < -0.3 is 13.9 Å². The highest BCUT2D eigenvalue weighted by Gasteiger charge is 2.26. The lowest BCUT2D eigenvalue weighted by molar-refractivity contribution is 0.0186. The molecule has 2 aromatic heterocycles. The highest BCUT2D eigenvalue weighted by atomic mass is 35.5. The molecule has 0 spiro atoms. The molecule has 3 rings (SSSR count). The monoisotopic (exact) mass is 364 g/mol. The third-order valence-corrected chi connectivity index (χ3v) is 4.91. The van der Waals surface area contributed by atoms with Crippen LogP contribution in [-0.4, -0.2) is 47.7 Å². The van der Waals surface area contributed by atoms with Crippen molar-refractivity contribution in [2.75, 3.05) is 26.3 Å². The van der Waals surface area contributed by atoms with Crippen LogP contribution in [0.5, 0.6) is 0 Å². The van der Waals surface area contributed by atoms with Crippen molar-refractivity contribution in [2.45, 2.75) is 39.8 Å². The maximum atomic E-state index is 12.6. The maximum absolute atomic E-state index is 12.6. The SMILES string of the molecule is Cc1c(C(=O)OC(C)C)cc2cc(Cl)cn2c1C(C)N1CCOCC1. The van der Waals surface area contributed by atoms with Crippen molar-refractivity contribution >= 4 is 23.1 Å². The Balaban J connectivity index is 2.11. The van der Waals surface area contributed by atoms with E-state index >= 15 is 0 Å². The Bertz CT molecular complexity index is 779. The van der Waals surface area contributed by atoms with Crippen molar-refractivity contribution in [1.29, 1.82) is 0 Å². The molecule has 1 aliphatic heterocycles.